The molecule has 1 fully saturated rings. The van der Waals surface area contributed by atoms with Gasteiger partial charge in [-0.25, -0.2) is 8.42 Å². The van der Waals surface area contributed by atoms with Gasteiger partial charge < -0.3 is 19.9 Å². The number of ether oxygens (including phenoxy) is 1. The standard InChI is InChI=1S/C17H37N5O3S/c1-15(2)25-12-13-26(23,24)22-10-8-21(9-11-22)16(18-5)19-14-17(3,4)20(6)7/h15H,8-14H2,1-7H3,(H,18,19). The maximum atomic E-state index is 12.4. The van der Waals surface area contributed by atoms with E-state index in [1.54, 1.807) is 11.4 Å². The van der Waals surface area contributed by atoms with E-state index in [-0.39, 0.29) is 24.0 Å². The Morgan fingerprint density at radius 1 is 1.23 bits per heavy atom. The number of nitrogens with one attached hydrogen (secondary N) is 1. The first kappa shape index (κ1) is 23.1. The minimum atomic E-state index is -3.27. The molecule has 0 aliphatic carbocycles. The maximum absolute atomic E-state index is 12.4. The van der Waals surface area contributed by atoms with Gasteiger partial charge in [0.15, 0.2) is 5.96 Å². The lowest BCUT2D eigenvalue weighted by molar-refractivity contribution is 0.0904. The molecule has 1 N–H and O–H groups in total. The number of aliphatic imine (C=N–C) groups is 1. The van der Waals surface area contributed by atoms with Crippen molar-refractivity contribution in [2.24, 2.45) is 4.99 Å². The summed E-state index contributed by atoms with van der Waals surface area (Å²) in [5.41, 5.74) is -0.00246. The van der Waals surface area contributed by atoms with Crippen LogP contribution in [0, 0.1) is 0 Å². The van der Waals surface area contributed by atoms with Crippen LogP contribution in [0.3, 0.4) is 0 Å². The molecule has 0 unspecified atom stereocenters. The van der Waals surface area contributed by atoms with Gasteiger partial charge in [-0.3, -0.25) is 4.99 Å². The topological polar surface area (TPSA) is 77.5 Å². The SMILES string of the molecule is CN=C(NCC(C)(C)N(C)C)N1CCN(S(=O)(=O)CCOC(C)C)CC1. The van der Waals surface area contributed by atoms with Crippen molar-refractivity contribution in [1.82, 2.24) is 19.4 Å². The molecule has 1 aliphatic rings. The Labute approximate surface area is 159 Å². The van der Waals surface area contributed by atoms with Crippen LogP contribution in [0.15, 0.2) is 4.99 Å². The summed E-state index contributed by atoms with van der Waals surface area (Å²) in [6.45, 7) is 11.3. The minimum Gasteiger partial charge on any atom is -0.378 e. The van der Waals surface area contributed by atoms with Gasteiger partial charge in [0.1, 0.15) is 0 Å². The van der Waals surface area contributed by atoms with E-state index in [0.29, 0.717) is 26.2 Å². The fraction of sp³-hybridized carbons (Fsp3) is 0.941. The first-order valence-electron chi connectivity index (χ1n) is 9.22. The molecule has 0 aromatic carbocycles. The molecule has 1 saturated heterocycles. The summed E-state index contributed by atoms with van der Waals surface area (Å²) in [5, 5.41) is 3.41. The van der Waals surface area contributed by atoms with Crippen LogP contribution in [-0.4, -0.2) is 106 Å². The molecular weight excluding hydrogens is 354 g/mol. The lowest BCUT2D eigenvalue weighted by Gasteiger charge is -2.38. The normalized spacial score (nSPS) is 18.0. The van der Waals surface area contributed by atoms with Crippen LogP contribution in [0.5, 0.6) is 0 Å². The van der Waals surface area contributed by atoms with Crippen LogP contribution in [0.2, 0.25) is 0 Å². The molecule has 0 spiro atoms. The summed E-state index contributed by atoms with van der Waals surface area (Å²) in [5.74, 6) is 0.856. The van der Waals surface area contributed by atoms with Gasteiger partial charge in [0.2, 0.25) is 10.0 Å². The van der Waals surface area contributed by atoms with Crippen molar-refractivity contribution in [2.75, 3.05) is 66.2 Å². The van der Waals surface area contributed by atoms with E-state index in [0.717, 1.165) is 12.5 Å². The number of rotatable bonds is 8. The second kappa shape index (κ2) is 9.87. The van der Waals surface area contributed by atoms with Gasteiger partial charge in [-0.05, 0) is 41.8 Å². The zero-order valence-corrected chi connectivity index (χ0v) is 18.3. The van der Waals surface area contributed by atoms with E-state index in [9.17, 15) is 8.42 Å². The average Bonchev–Trinajstić information content (AvgIpc) is 2.55. The Balaban J connectivity index is 2.53. The molecule has 154 valence electrons. The first-order chi connectivity index (χ1) is 12.0. The number of nitrogens with zero attached hydrogens (tertiary/aromatic N) is 4. The molecule has 8 nitrogen and oxygen atoms in total. The highest BCUT2D eigenvalue weighted by Crippen LogP contribution is 2.11. The largest absolute Gasteiger partial charge is 0.378 e. The summed E-state index contributed by atoms with van der Waals surface area (Å²) in [7, 11) is 2.60. The van der Waals surface area contributed by atoms with E-state index < -0.39 is 10.0 Å². The van der Waals surface area contributed by atoms with Crippen molar-refractivity contribution in [3.8, 4) is 0 Å². The molecule has 1 aliphatic heterocycles. The van der Waals surface area contributed by atoms with Gasteiger partial charge in [0.25, 0.3) is 0 Å². The van der Waals surface area contributed by atoms with E-state index in [2.05, 4.69) is 48.1 Å². The van der Waals surface area contributed by atoms with Crippen LogP contribution < -0.4 is 5.32 Å². The molecular formula is C17H37N5O3S. The third-order valence-electron chi connectivity index (χ3n) is 4.83. The molecule has 1 heterocycles. The number of likely N-dealkylation sites (N-methyl/N-ethyl adjacent to an activating group) is 1. The van der Waals surface area contributed by atoms with Gasteiger partial charge in [-0.1, -0.05) is 0 Å². The first-order valence-corrected chi connectivity index (χ1v) is 10.8. The zero-order valence-electron chi connectivity index (χ0n) is 17.4. The molecule has 0 amide bonds. The summed E-state index contributed by atoms with van der Waals surface area (Å²) in [6.07, 6.45) is 0.0443. The molecule has 9 heteroatoms. The second-order valence-electron chi connectivity index (χ2n) is 7.73. The molecule has 0 radical (unpaired) electrons. The predicted octanol–water partition coefficient (Wildman–Crippen LogP) is 0.274. The number of sulfonamides is 1. The number of hydrogen-bond donors (Lipinski definition) is 1. The Bertz CT molecular complexity index is 553. The molecule has 0 aromatic heterocycles. The Kier molecular flexibility index (Phi) is 8.78. The van der Waals surface area contributed by atoms with Gasteiger partial charge >= 0.3 is 0 Å². The van der Waals surface area contributed by atoms with Gasteiger partial charge in [-0.15, -0.1) is 0 Å². The highest BCUT2D eigenvalue weighted by Gasteiger charge is 2.29. The van der Waals surface area contributed by atoms with Crippen molar-refractivity contribution in [3.63, 3.8) is 0 Å². The van der Waals surface area contributed by atoms with Gasteiger partial charge in [0.05, 0.1) is 18.5 Å². The number of hydrogen-bond acceptors (Lipinski definition) is 5. The molecule has 26 heavy (non-hydrogen) atoms. The van der Waals surface area contributed by atoms with Crippen LogP contribution in [-0.2, 0) is 14.8 Å². The van der Waals surface area contributed by atoms with Crippen molar-refractivity contribution in [2.45, 2.75) is 39.3 Å². The van der Waals surface area contributed by atoms with Crippen molar-refractivity contribution < 1.29 is 13.2 Å². The highest BCUT2D eigenvalue weighted by molar-refractivity contribution is 7.89. The summed E-state index contributed by atoms with van der Waals surface area (Å²) in [4.78, 5) is 8.63. The lowest BCUT2D eigenvalue weighted by atomic mass is 10.0. The number of piperazine rings is 1. The molecule has 0 aromatic rings. The molecule has 0 atom stereocenters. The highest BCUT2D eigenvalue weighted by atomic mass is 32.2. The summed E-state index contributed by atoms with van der Waals surface area (Å²) < 4.78 is 31.8. The van der Waals surface area contributed by atoms with Crippen LogP contribution >= 0.6 is 0 Å². The Hall–Kier alpha value is -0.900. The number of guanidine groups is 1. The van der Waals surface area contributed by atoms with Crippen LogP contribution in [0.25, 0.3) is 0 Å². The van der Waals surface area contributed by atoms with Crippen molar-refractivity contribution in [1.29, 1.82) is 0 Å². The second-order valence-corrected chi connectivity index (χ2v) is 9.82. The fourth-order valence-corrected chi connectivity index (χ4v) is 3.77. The average molecular weight is 392 g/mol. The van der Waals surface area contributed by atoms with Crippen LogP contribution in [0.1, 0.15) is 27.7 Å². The third-order valence-corrected chi connectivity index (χ3v) is 6.66. The van der Waals surface area contributed by atoms with Gasteiger partial charge in [-0.2, -0.15) is 4.31 Å². The van der Waals surface area contributed by atoms with E-state index in [1.165, 1.54) is 0 Å². The lowest BCUT2D eigenvalue weighted by Crippen LogP contribution is -2.56. The third kappa shape index (κ3) is 7.02. The van der Waals surface area contributed by atoms with Crippen molar-refractivity contribution >= 4 is 16.0 Å². The monoisotopic (exact) mass is 391 g/mol. The molecule has 0 bridgehead atoms. The molecule has 0 saturated carbocycles. The van der Waals surface area contributed by atoms with E-state index in [1.807, 2.05) is 13.8 Å². The molecule has 1 rings (SSSR count). The maximum Gasteiger partial charge on any atom is 0.216 e. The minimum absolute atomic E-state index is 0.00246. The van der Waals surface area contributed by atoms with E-state index in [4.69, 9.17) is 4.74 Å². The summed E-state index contributed by atoms with van der Waals surface area (Å²) in [6, 6.07) is 0. The quantitative estimate of drug-likeness (QED) is 0.473. The smallest absolute Gasteiger partial charge is 0.216 e. The van der Waals surface area contributed by atoms with E-state index >= 15 is 0 Å². The summed E-state index contributed by atoms with van der Waals surface area (Å²) >= 11 is 0. The fourth-order valence-electron chi connectivity index (χ4n) is 2.48. The van der Waals surface area contributed by atoms with Gasteiger partial charge in [0, 0.05) is 45.3 Å². The van der Waals surface area contributed by atoms with Crippen molar-refractivity contribution in [3.05, 3.63) is 0 Å². The predicted molar refractivity (Wildman–Crippen MR) is 107 cm³/mol. The Morgan fingerprint density at radius 3 is 2.27 bits per heavy atom. The van der Waals surface area contributed by atoms with Crippen LogP contribution in [0.4, 0.5) is 0 Å². The zero-order chi connectivity index (χ0) is 20.0. The Morgan fingerprint density at radius 2 is 1.81 bits per heavy atom.